The summed E-state index contributed by atoms with van der Waals surface area (Å²) in [5, 5.41) is 0. The van der Waals surface area contributed by atoms with E-state index in [0.717, 1.165) is 17.0 Å². The summed E-state index contributed by atoms with van der Waals surface area (Å²) in [6.07, 6.45) is 1.84. The van der Waals surface area contributed by atoms with E-state index in [1.54, 1.807) is 0 Å². The first-order valence-electron chi connectivity index (χ1n) is 3.33. The Balaban J connectivity index is 3.07. The van der Waals surface area contributed by atoms with Crippen LogP contribution in [0.15, 0.2) is 6.20 Å². The zero-order chi connectivity index (χ0) is 7.56. The molecule has 0 fully saturated rings. The van der Waals surface area contributed by atoms with Gasteiger partial charge in [-0.3, -0.25) is 0 Å². The maximum absolute atomic E-state index is 4.20. The Hall–Kier alpha value is -0.855. The molecule has 0 atom stereocenters. The van der Waals surface area contributed by atoms with Crippen molar-refractivity contribution in [3.8, 4) is 0 Å². The summed E-state index contributed by atoms with van der Waals surface area (Å²) in [4.78, 5) is 8.27. The summed E-state index contributed by atoms with van der Waals surface area (Å²) < 4.78 is 0. The Kier molecular flexibility index (Phi) is 2.04. The summed E-state index contributed by atoms with van der Waals surface area (Å²) in [5.74, 6) is 0.836. The average Bonchev–Trinajstić information content (AvgIpc) is 1.88. The second kappa shape index (κ2) is 2.82. The van der Waals surface area contributed by atoms with Crippen molar-refractivity contribution in [1.82, 2.24) is 9.97 Å². The molecule has 0 spiro atoms. The van der Waals surface area contributed by atoms with Crippen molar-refractivity contribution < 1.29 is 0 Å². The van der Waals surface area contributed by atoms with E-state index in [0.29, 0.717) is 0 Å². The zero-order valence-electron chi connectivity index (χ0n) is 6.55. The minimum atomic E-state index is 0.836. The van der Waals surface area contributed by atoms with Gasteiger partial charge in [0, 0.05) is 11.9 Å². The number of aryl methyl sites for hydroxylation is 2. The molecule has 0 saturated heterocycles. The first-order valence-corrected chi connectivity index (χ1v) is 3.33. The van der Waals surface area contributed by atoms with Gasteiger partial charge in [0.25, 0.3) is 0 Å². The lowest BCUT2D eigenvalue weighted by Gasteiger charge is -1.99. The molecule has 0 aliphatic carbocycles. The lowest BCUT2D eigenvalue weighted by atomic mass is 9.73. The Bertz CT molecular complexity index is 235. The second-order valence-corrected chi connectivity index (χ2v) is 2.25. The normalized spacial score (nSPS) is 9.50. The van der Waals surface area contributed by atoms with E-state index in [-0.39, 0.29) is 0 Å². The Morgan fingerprint density at radius 3 is 2.60 bits per heavy atom. The lowest BCUT2D eigenvalue weighted by Crippen LogP contribution is -2.17. The smallest absolute Gasteiger partial charge is 0.152 e. The highest BCUT2D eigenvalue weighted by atomic mass is 14.9. The molecule has 1 aromatic rings. The van der Waals surface area contributed by atoms with Crippen LogP contribution in [-0.2, 0) is 0 Å². The third kappa shape index (κ3) is 1.35. The third-order valence-electron chi connectivity index (χ3n) is 1.45. The Morgan fingerprint density at radius 2 is 2.10 bits per heavy atom. The summed E-state index contributed by atoms with van der Waals surface area (Å²) in [6.45, 7) is 5.87. The minimum Gasteiger partial charge on any atom is -0.242 e. The molecule has 0 amide bonds. The lowest BCUT2D eigenvalue weighted by molar-refractivity contribution is 1.02. The van der Waals surface area contributed by atoms with Gasteiger partial charge >= 0.3 is 0 Å². The fourth-order valence-corrected chi connectivity index (χ4v) is 0.876. The van der Waals surface area contributed by atoms with Gasteiger partial charge in [0.05, 0.1) is 0 Å². The van der Waals surface area contributed by atoms with Crippen molar-refractivity contribution in [2.45, 2.75) is 20.7 Å². The SMILES string of the molecule is C[B]c1cnc(C)nc1C. The Labute approximate surface area is 62.0 Å². The fourth-order valence-electron chi connectivity index (χ4n) is 0.876. The fraction of sp³-hybridized carbons (Fsp3) is 0.429. The average molecular weight is 133 g/mol. The van der Waals surface area contributed by atoms with Crippen LogP contribution in [-0.4, -0.2) is 17.2 Å². The van der Waals surface area contributed by atoms with E-state index in [9.17, 15) is 0 Å². The minimum absolute atomic E-state index is 0.836. The van der Waals surface area contributed by atoms with Gasteiger partial charge in [0.15, 0.2) is 7.28 Å². The largest absolute Gasteiger partial charge is 0.242 e. The van der Waals surface area contributed by atoms with Gasteiger partial charge in [-0.2, -0.15) is 0 Å². The molecule has 51 valence electrons. The van der Waals surface area contributed by atoms with Gasteiger partial charge in [-0.15, -0.1) is 0 Å². The van der Waals surface area contributed by atoms with Crippen LogP contribution < -0.4 is 5.46 Å². The first kappa shape index (κ1) is 7.25. The van der Waals surface area contributed by atoms with Gasteiger partial charge < -0.3 is 0 Å². The summed E-state index contributed by atoms with van der Waals surface area (Å²) >= 11 is 0. The summed E-state index contributed by atoms with van der Waals surface area (Å²) in [5.41, 5.74) is 2.17. The summed E-state index contributed by atoms with van der Waals surface area (Å²) in [7, 11) is 2.01. The molecule has 1 heterocycles. The maximum atomic E-state index is 4.20. The molecule has 1 radical (unpaired) electrons. The van der Waals surface area contributed by atoms with Gasteiger partial charge in [-0.25, -0.2) is 9.97 Å². The predicted octanol–water partition coefficient (Wildman–Crippen LogP) is 0.471. The van der Waals surface area contributed by atoms with Crippen LogP contribution >= 0.6 is 0 Å². The van der Waals surface area contributed by atoms with Gasteiger partial charge in [-0.1, -0.05) is 6.82 Å². The van der Waals surface area contributed by atoms with E-state index >= 15 is 0 Å². The number of nitrogens with zero attached hydrogens (tertiary/aromatic N) is 2. The molecule has 0 aromatic carbocycles. The summed E-state index contributed by atoms with van der Waals surface area (Å²) in [6, 6.07) is 0. The highest BCUT2D eigenvalue weighted by Crippen LogP contribution is 1.87. The molecule has 0 aliphatic heterocycles. The van der Waals surface area contributed by atoms with Crippen LogP contribution in [0, 0.1) is 13.8 Å². The molecule has 0 unspecified atom stereocenters. The molecular formula is C7H10BN2. The van der Waals surface area contributed by atoms with E-state index in [1.807, 2.05) is 34.1 Å². The molecule has 1 aromatic heterocycles. The van der Waals surface area contributed by atoms with Crippen LogP contribution in [0.2, 0.25) is 6.82 Å². The van der Waals surface area contributed by atoms with Crippen molar-refractivity contribution >= 4 is 12.7 Å². The van der Waals surface area contributed by atoms with Crippen LogP contribution in [0.5, 0.6) is 0 Å². The van der Waals surface area contributed by atoms with Crippen molar-refractivity contribution in [3.63, 3.8) is 0 Å². The molecule has 1 rings (SSSR count). The van der Waals surface area contributed by atoms with Crippen molar-refractivity contribution in [2.75, 3.05) is 0 Å². The quantitative estimate of drug-likeness (QED) is 0.520. The number of rotatable bonds is 1. The molecule has 0 aliphatic rings. The van der Waals surface area contributed by atoms with Crippen LogP contribution in [0.3, 0.4) is 0 Å². The standard InChI is InChI=1S/C7H10BN2/c1-5-7(8-3)4-9-6(2)10-5/h4H,1-3H3. The first-order chi connectivity index (χ1) is 4.74. The van der Waals surface area contributed by atoms with E-state index in [1.165, 1.54) is 0 Å². The molecule has 2 nitrogen and oxygen atoms in total. The van der Waals surface area contributed by atoms with Crippen molar-refractivity contribution in [1.29, 1.82) is 0 Å². The topological polar surface area (TPSA) is 25.8 Å². The van der Waals surface area contributed by atoms with Crippen molar-refractivity contribution in [2.24, 2.45) is 0 Å². The van der Waals surface area contributed by atoms with Gasteiger partial charge in [0.1, 0.15) is 5.82 Å². The van der Waals surface area contributed by atoms with Crippen LogP contribution in [0.4, 0.5) is 0 Å². The van der Waals surface area contributed by atoms with Crippen molar-refractivity contribution in [3.05, 3.63) is 17.7 Å². The monoisotopic (exact) mass is 133 g/mol. The van der Waals surface area contributed by atoms with E-state index < -0.39 is 0 Å². The number of aromatic nitrogens is 2. The third-order valence-corrected chi connectivity index (χ3v) is 1.45. The van der Waals surface area contributed by atoms with Crippen LogP contribution in [0.1, 0.15) is 11.5 Å². The molecular weight excluding hydrogens is 123 g/mol. The molecule has 3 heteroatoms. The highest BCUT2D eigenvalue weighted by molar-refractivity contribution is 6.52. The number of hydrogen-bond donors (Lipinski definition) is 0. The van der Waals surface area contributed by atoms with E-state index in [4.69, 9.17) is 0 Å². The zero-order valence-corrected chi connectivity index (χ0v) is 6.55. The number of hydrogen-bond acceptors (Lipinski definition) is 2. The molecule has 10 heavy (non-hydrogen) atoms. The van der Waals surface area contributed by atoms with E-state index in [2.05, 4.69) is 9.97 Å². The van der Waals surface area contributed by atoms with Crippen LogP contribution in [0.25, 0.3) is 0 Å². The highest BCUT2D eigenvalue weighted by Gasteiger charge is 1.96. The molecule has 0 saturated carbocycles. The molecule has 0 N–H and O–H groups in total. The van der Waals surface area contributed by atoms with Gasteiger partial charge in [-0.05, 0) is 19.3 Å². The maximum Gasteiger partial charge on any atom is 0.152 e. The van der Waals surface area contributed by atoms with Gasteiger partial charge in [0.2, 0.25) is 0 Å². The second-order valence-electron chi connectivity index (χ2n) is 2.25. The Morgan fingerprint density at radius 1 is 1.40 bits per heavy atom. The predicted molar refractivity (Wildman–Crippen MR) is 42.8 cm³/mol. The molecule has 0 bridgehead atoms.